The molecule has 130 valence electrons. The van der Waals surface area contributed by atoms with Crippen LogP contribution in [0.4, 0.5) is 4.79 Å². The van der Waals surface area contributed by atoms with Gasteiger partial charge in [-0.15, -0.1) is 11.8 Å². The predicted octanol–water partition coefficient (Wildman–Crippen LogP) is 2.17. The molecule has 0 bridgehead atoms. The van der Waals surface area contributed by atoms with Crippen molar-refractivity contribution in [2.24, 2.45) is 17.8 Å². The van der Waals surface area contributed by atoms with E-state index in [-0.39, 0.29) is 6.09 Å². The van der Waals surface area contributed by atoms with Crippen molar-refractivity contribution in [2.75, 3.05) is 32.9 Å². The van der Waals surface area contributed by atoms with Gasteiger partial charge in [-0.25, -0.2) is 4.79 Å². The first kappa shape index (κ1) is 18.1. The number of fused-ring (bicyclic) bond motifs is 1. The average Bonchev–Trinajstić information content (AvgIpc) is 3.13. The van der Waals surface area contributed by atoms with E-state index in [4.69, 9.17) is 9.47 Å². The Balaban J connectivity index is 1.45. The third kappa shape index (κ3) is 6.80. The molecular weight excluding hydrogens is 292 g/mol. The van der Waals surface area contributed by atoms with Crippen molar-refractivity contribution in [2.45, 2.75) is 45.6 Å². The molecule has 0 aromatic heterocycles. The minimum Gasteiger partial charge on any atom is -0.449 e. The highest BCUT2D eigenvalue weighted by Gasteiger charge is 2.49. The first-order chi connectivity index (χ1) is 11.2. The van der Waals surface area contributed by atoms with Crippen LogP contribution in [0.3, 0.4) is 0 Å². The summed E-state index contributed by atoms with van der Waals surface area (Å²) in [6.45, 7) is 7.24. The van der Waals surface area contributed by atoms with Crippen molar-refractivity contribution in [3.63, 3.8) is 0 Å². The largest absolute Gasteiger partial charge is 0.449 e. The summed E-state index contributed by atoms with van der Waals surface area (Å²) in [6.07, 6.45) is 3.97. The van der Waals surface area contributed by atoms with Crippen molar-refractivity contribution < 1.29 is 14.3 Å². The molecule has 2 atom stereocenters. The van der Waals surface area contributed by atoms with Gasteiger partial charge >= 0.3 is 6.09 Å². The average molecular weight is 322 g/mol. The quantitative estimate of drug-likeness (QED) is 0.504. The Bertz CT molecular complexity index is 410. The van der Waals surface area contributed by atoms with Crippen molar-refractivity contribution in [1.82, 2.24) is 10.6 Å². The minimum atomic E-state index is -0.329. The van der Waals surface area contributed by atoms with Crippen LogP contribution in [0, 0.1) is 29.6 Å². The van der Waals surface area contributed by atoms with Gasteiger partial charge in [-0.3, -0.25) is 0 Å². The second-order valence-electron chi connectivity index (χ2n) is 6.67. The number of alkyl carbamates (subject to hydrolysis) is 1. The smallest absolute Gasteiger partial charge is 0.407 e. The van der Waals surface area contributed by atoms with Gasteiger partial charge in [0, 0.05) is 32.0 Å². The molecule has 1 amide bonds. The standard InChI is InChI=1S/C18H30N2O3/c1-14(2)19-9-11-22-12-10-20-18(21)23-13-17-15-7-5-3-4-6-8-16(15)17/h14-17,19H,5-13H2,1-2H3,(H,20,21). The topological polar surface area (TPSA) is 59.6 Å². The number of ether oxygens (including phenoxy) is 2. The number of rotatable bonds is 9. The molecule has 0 spiro atoms. The highest BCUT2D eigenvalue weighted by atomic mass is 16.5. The van der Waals surface area contributed by atoms with E-state index in [0.717, 1.165) is 32.2 Å². The van der Waals surface area contributed by atoms with Gasteiger partial charge in [0.25, 0.3) is 0 Å². The third-order valence-electron chi connectivity index (χ3n) is 4.56. The summed E-state index contributed by atoms with van der Waals surface area (Å²) >= 11 is 0. The van der Waals surface area contributed by atoms with Crippen molar-refractivity contribution >= 4 is 6.09 Å². The molecule has 2 N–H and O–H groups in total. The van der Waals surface area contributed by atoms with Crippen LogP contribution in [0.15, 0.2) is 0 Å². The summed E-state index contributed by atoms with van der Waals surface area (Å²) in [5.74, 6) is 8.37. The van der Waals surface area contributed by atoms with Crippen molar-refractivity contribution in [1.29, 1.82) is 0 Å². The van der Waals surface area contributed by atoms with Gasteiger partial charge in [0.2, 0.25) is 0 Å². The molecule has 2 aliphatic rings. The molecule has 0 aliphatic heterocycles. The van der Waals surface area contributed by atoms with E-state index in [9.17, 15) is 4.79 Å². The second kappa shape index (κ2) is 9.79. The summed E-state index contributed by atoms with van der Waals surface area (Å²) in [5.41, 5.74) is 0. The lowest BCUT2D eigenvalue weighted by Gasteiger charge is -2.09. The van der Waals surface area contributed by atoms with E-state index in [2.05, 4.69) is 36.3 Å². The molecular formula is C18H30N2O3. The molecule has 2 aliphatic carbocycles. The van der Waals surface area contributed by atoms with E-state index < -0.39 is 0 Å². The number of carbonyl (C=O) groups excluding carboxylic acids is 1. The fourth-order valence-corrected chi connectivity index (χ4v) is 3.25. The molecule has 0 saturated heterocycles. The highest BCUT2D eigenvalue weighted by Crippen LogP contribution is 2.52. The summed E-state index contributed by atoms with van der Waals surface area (Å²) < 4.78 is 10.8. The SMILES string of the molecule is CC(C)NCCOCCNC(=O)OCC1C2CCC#CCCC21. The van der Waals surface area contributed by atoms with Crippen molar-refractivity contribution in [3.05, 3.63) is 0 Å². The van der Waals surface area contributed by atoms with Gasteiger partial charge in [0.1, 0.15) is 0 Å². The lowest BCUT2D eigenvalue weighted by Crippen LogP contribution is -2.30. The van der Waals surface area contributed by atoms with Crippen molar-refractivity contribution in [3.8, 4) is 11.8 Å². The second-order valence-corrected chi connectivity index (χ2v) is 6.67. The Labute approximate surface area is 139 Å². The molecule has 0 radical (unpaired) electrons. The summed E-state index contributed by atoms with van der Waals surface area (Å²) in [5, 5.41) is 6.01. The summed E-state index contributed by atoms with van der Waals surface area (Å²) in [6, 6.07) is 0.470. The Morgan fingerprint density at radius 1 is 1.13 bits per heavy atom. The fraction of sp³-hybridized carbons (Fsp3) is 0.833. The Hall–Kier alpha value is -1.25. The number of nitrogens with one attached hydrogen (secondary N) is 2. The molecule has 2 rings (SSSR count). The lowest BCUT2D eigenvalue weighted by molar-refractivity contribution is 0.118. The van der Waals surface area contributed by atoms with Gasteiger partial charge in [-0.2, -0.15) is 0 Å². The first-order valence-electron chi connectivity index (χ1n) is 8.86. The number of carbonyl (C=O) groups is 1. The monoisotopic (exact) mass is 322 g/mol. The maximum atomic E-state index is 11.7. The fourth-order valence-electron chi connectivity index (χ4n) is 3.25. The molecule has 0 heterocycles. The molecule has 1 fully saturated rings. The van der Waals surface area contributed by atoms with Crippen LogP contribution in [0.1, 0.15) is 39.5 Å². The van der Waals surface area contributed by atoms with Crippen LogP contribution < -0.4 is 10.6 Å². The zero-order valence-electron chi connectivity index (χ0n) is 14.4. The number of hydrogen-bond donors (Lipinski definition) is 2. The van der Waals surface area contributed by atoms with Crippen LogP contribution >= 0.6 is 0 Å². The molecule has 23 heavy (non-hydrogen) atoms. The zero-order chi connectivity index (χ0) is 16.5. The summed E-state index contributed by atoms with van der Waals surface area (Å²) in [4.78, 5) is 11.7. The maximum absolute atomic E-state index is 11.7. The van der Waals surface area contributed by atoms with Gasteiger partial charge in [-0.05, 0) is 30.6 Å². The van der Waals surface area contributed by atoms with Gasteiger partial charge in [-0.1, -0.05) is 13.8 Å². The zero-order valence-corrected chi connectivity index (χ0v) is 14.4. The Kier molecular flexibility index (Phi) is 7.70. The Morgan fingerprint density at radius 3 is 2.43 bits per heavy atom. The van der Waals surface area contributed by atoms with Gasteiger partial charge < -0.3 is 20.1 Å². The van der Waals surface area contributed by atoms with Crippen LogP contribution in [0.2, 0.25) is 0 Å². The van der Waals surface area contributed by atoms with E-state index >= 15 is 0 Å². The van der Waals surface area contributed by atoms with Gasteiger partial charge in [0.05, 0.1) is 19.8 Å². The maximum Gasteiger partial charge on any atom is 0.407 e. The Morgan fingerprint density at radius 2 is 1.78 bits per heavy atom. The first-order valence-corrected chi connectivity index (χ1v) is 8.86. The van der Waals surface area contributed by atoms with Crippen LogP contribution in [0.5, 0.6) is 0 Å². The van der Waals surface area contributed by atoms with E-state index in [1.165, 1.54) is 0 Å². The predicted molar refractivity (Wildman–Crippen MR) is 90.0 cm³/mol. The van der Waals surface area contributed by atoms with Gasteiger partial charge in [0.15, 0.2) is 0 Å². The lowest BCUT2D eigenvalue weighted by atomic mass is 10.1. The molecule has 0 aromatic carbocycles. The van der Waals surface area contributed by atoms with Crippen LogP contribution in [-0.2, 0) is 9.47 Å². The summed E-state index contributed by atoms with van der Waals surface area (Å²) in [7, 11) is 0. The molecule has 1 saturated carbocycles. The highest BCUT2D eigenvalue weighted by molar-refractivity contribution is 5.67. The van der Waals surface area contributed by atoms with E-state index in [0.29, 0.717) is 50.2 Å². The minimum absolute atomic E-state index is 0.329. The van der Waals surface area contributed by atoms with Crippen LogP contribution in [-0.4, -0.2) is 45.0 Å². The normalized spacial score (nSPS) is 25.6. The third-order valence-corrected chi connectivity index (χ3v) is 4.56. The molecule has 5 nitrogen and oxygen atoms in total. The van der Waals surface area contributed by atoms with E-state index in [1.54, 1.807) is 0 Å². The van der Waals surface area contributed by atoms with Crippen LogP contribution in [0.25, 0.3) is 0 Å². The number of hydrogen-bond acceptors (Lipinski definition) is 4. The molecule has 2 unspecified atom stereocenters. The molecule has 0 aromatic rings. The number of amides is 1. The van der Waals surface area contributed by atoms with E-state index in [1.807, 2.05) is 0 Å². The molecule has 5 heteroatoms.